The number of carboxylic acids is 1. The molecule has 3 fully saturated rings. The van der Waals surface area contributed by atoms with Crippen molar-refractivity contribution in [2.45, 2.75) is 85.0 Å². The summed E-state index contributed by atoms with van der Waals surface area (Å²) in [5.74, 6) is -0.510. The van der Waals surface area contributed by atoms with Gasteiger partial charge in [0, 0.05) is 36.2 Å². The molecule has 3 saturated carbocycles. The number of ether oxygens (including phenoxy) is 2. The van der Waals surface area contributed by atoms with Gasteiger partial charge in [0.2, 0.25) is 0 Å². The fourth-order valence-electron chi connectivity index (χ4n) is 9.26. The van der Waals surface area contributed by atoms with Gasteiger partial charge in [0.15, 0.2) is 17.7 Å². The van der Waals surface area contributed by atoms with E-state index in [0.29, 0.717) is 5.56 Å². The van der Waals surface area contributed by atoms with Gasteiger partial charge in [0.05, 0.1) is 12.7 Å². The number of hydrogen-bond acceptors (Lipinski definition) is 6. The Bertz CT molecular complexity index is 1250. The molecule has 1 aromatic rings. The van der Waals surface area contributed by atoms with E-state index in [1.807, 2.05) is 13.8 Å². The smallest absolute Gasteiger partial charge is 0.478 e. The third-order valence-corrected chi connectivity index (χ3v) is 11.5. The van der Waals surface area contributed by atoms with Crippen LogP contribution in [-0.2, 0) is 25.6 Å². The molecule has 40 heavy (non-hydrogen) atoms. The van der Waals surface area contributed by atoms with Gasteiger partial charge in [-0.1, -0.05) is 33.8 Å². The summed E-state index contributed by atoms with van der Waals surface area (Å²) in [6.07, 6.45) is 7.87. The highest BCUT2D eigenvalue weighted by Crippen LogP contribution is 2.70. The Morgan fingerprint density at radius 3 is 2.65 bits per heavy atom. The molecule has 9 atom stereocenters. The summed E-state index contributed by atoms with van der Waals surface area (Å²) in [5, 5.41) is 20.9. The molecule has 9 heteroatoms. The van der Waals surface area contributed by atoms with Crippen molar-refractivity contribution in [2.24, 2.45) is 39.9 Å². The second-order valence-corrected chi connectivity index (χ2v) is 13.2. The number of carbonyl (C=O) groups is 2. The number of fused-ring (bicyclic) bond motifs is 1. The first-order valence-corrected chi connectivity index (χ1v) is 14.4. The largest absolute Gasteiger partial charge is 0.494 e. The molecule has 1 unspecified atom stereocenters. The summed E-state index contributed by atoms with van der Waals surface area (Å²) in [6.45, 7) is 8.22. The van der Waals surface area contributed by atoms with Crippen LogP contribution < -0.4 is 10.2 Å². The van der Waals surface area contributed by atoms with Crippen LogP contribution in [0.15, 0.2) is 12.1 Å². The summed E-state index contributed by atoms with van der Waals surface area (Å²) < 4.78 is 33.0. The second-order valence-electron chi connectivity index (χ2n) is 13.2. The van der Waals surface area contributed by atoms with Gasteiger partial charge in [-0.3, -0.25) is 4.79 Å². The molecule has 7 nitrogen and oxygen atoms in total. The van der Waals surface area contributed by atoms with Crippen LogP contribution in [-0.4, -0.2) is 48.3 Å². The zero-order chi connectivity index (χ0) is 29.2. The lowest BCUT2D eigenvalue weighted by Crippen LogP contribution is -2.63. The summed E-state index contributed by atoms with van der Waals surface area (Å²) >= 11 is 0. The van der Waals surface area contributed by atoms with Crippen molar-refractivity contribution in [2.75, 3.05) is 7.11 Å². The number of carbonyl (C=O) groups excluding carboxylic acids is 1. The Morgan fingerprint density at radius 2 is 2.00 bits per heavy atom. The van der Waals surface area contributed by atoms with Gasteiger partial charge in [-0.25, -0.2) is 9.18 Å². The van der Waals surface area contributed by atoms with Gasteiger partial charge in [0.25, 0.3) is 0 Å². The molecule has 2 bridgehead atoms. The van der Waals surface area contributed by atoms with Crippen molar-refractivity contribution in [3.63, 3.8) is 0 Å². The van der Waals surface area contributed by atoms with Gasteiger partial charge < -0.3 is 24.3 Å². The van der Waals surface area contributed by atoms with E-state index in [1.54, 1.807) is 13.2 Å². The second kappa shape index (κ2) is 10.1. The quantitative estimate of drug-likeness (QED) is 0.405. The highest BCUT2D eigenvalue weighted by atomic mass is 19.1. The molecule has 1 heterocycles. The van der Waals surface area contributed by atoms with Crippen molar-refractivity contribution >= 4 is 24.3 Å². The van der Waals surface area contributed by atoms with Gasteiger partial charge in [-0.05, 0) is 66.4 Å². The number of Topliss-reactive ketones (excluding diaryl/α,β-unsaturated/α-hetero) is 1. The highest BCUT2D eigenvalue weighted by Gasteiger charge is 2.69. The van der Waals surface area contributed by atoms with Gasteiger partial charge in [0.1, 0.15) is 5.78 Å². The minimum absolute atomic E-state index is 0.0352. The van der Waals surface area contributed by atoms with E-state index >= 15 is 4.39 Å². The van der Waals surface area contributed by atoms with Crippen LogP contribution in [0, 0.1) is 58.1 Å². The Labute approximate surface area is 236 Å². The maximum atomic E-state index is 15.6. The minimum atomic E-state index is -1.47. The van der Waals surface area contributed by atoms with Crippen LogP contribution >= 0.6 is 0 Å². The van der Waals surface area contributed by atoms with Gasteiger partial charge >= 0.3 is 13.1 Å². The molecule has 0 amide bonds. The average molecular weight is 554 g/mol. The zero-order valence-electron chi connectivity index (χ0n) is 24.0. The number of rotatable bonds is 6. The third kappa shape index (κ3) is 4.05. The summed E-state index contributed by atoms with van der Waals surface area (Å²) in [7, 11) is 0.243. The van der Waals surface area contributed by atoms with E-state index < -0.39 is 41.8 Å². The predicted molar refractivity (Wildman–Crippen MR) is 147 cm³/mol. The molecular formula is C31H40BFO7. The third-order valence-electron chi connectivity index (χ3n) is 11.5. The van der Waals surface area contributed by atoms with Crippen LogP contribution in [0.5, 0.6) is 5.75 Å². The fourth-order valence-corrected chi connectivity index (χ4v) is 9.26. The van der Waals surface area contributed by atoms with E-state index in [4.69, 9.17) is 20.6 Å². The van der Waals surface area contributed by atoms with Crippen molar-refractivity contribution in [1.82, 2.24) is 0 Å². The molecule has 0 saturated heterocycles. The van der Waals surface area contributed by atoms with E-state index in [-0.39, 0.29) is 65.7 Å². The molecule has 216 valence electrons. The van der Waals surface area contributed by atoms with E-state index in [2.05, 4.69) is 19.8 Å². The van der Waals surface area contributed by atoms with E-state index in [0.717, 1.165) is 25.7 Å². The number of hydrogen-bond donors (Lipinski definition) is 2. The Hall–Kier alpha value is -2.41. The lowest BCUT2D eigenvalue weighted by Gasteiger charge is -2.63. The van der Waals surface area contributed by atoms with Crippen LogP contribution in [0.1, 0.15) is 71.8 Å². The SMILES string of the molecule is C#CC[C@@]1(C)C[C@@H](C(Oc2ccc3c(c2F)B(O)OC3)C(=O)O)[C@@]2(C)[C@H](C)CC[C@]3(CC[C@@H](OC)[C@@H]32)[C@@H](C)C1=O. The molecule has 1 aliphatic heterocycles. The fraction of sp³-hybridized carbons (Fsp3) is 0.677. The first-order valence-electron chi connectivity index (χ1n) is 14.4. The van der Waals surface area contributed by atoms with Crippen molar-refractivity contribution in [3.8, 4) is 18.1 Å². The highest BCUT2D eigenvalue weighted by molar-refractivity contribution is 6.61. The molecule has 0 spiro atoms. The molecule has 3 aliphatic carbocycles. The first-order chi connectivity index (χ1) is 18.9. The van der Waals surface area contributed by atoms with Crippen LogP contribution in [0.2, 0.25) is 0 Å². The summed E-state index contributed by atoms with van der Waals surface area (Å²) in [6, 6.07) is 2.98. The van der Waals surface area contributed by atoms with Crippen molar-refractivity contribution in [1.29, 1.82) is 0 Å². The number of terminal acetylenes is 1. The van der Waals surface area contributed by atoms with Crippen LogP contribution in [0.4, 0.5) is 4.39 Å². The van der Waals surface area contributed by atoms with Crippen LogP contribution in [0.25, 0.3) is 0 Å². The maximum Gasteiger partial charge on any atom is 0.494 e. The van der Waals surface area contributed by atoms with Gasteiger partial charge in [-0.15, -0.1) is 12.3 Å². The normalized spacial score (nSPS) is 39.5. The number of methoxy groups -OCH3 is 1. The zero-order valence-corrected chi connectivity index (χ0v) is 24.0. The minimum Gasteiger partial charge on any atom is -0.478 e. The molecule has 2 N–H and O–H groups in total. The van der Waals surface area contributed by atoms with Crippen LogP contribution in [0.3, 0.4) is 0 Å². The number of benzene rings is 1. The van der Waals surface area contributed by atoms with Crippen molar-refractivity contribution < 1.29 is 38.2 Å². The Morgan fingerprint density at radius 1 is 1.30 bits per heavy atom. The Kier molecular flexibility index (Phi) is 7.38. The van der Waals surface area contributed by atoms with E-state index in [1.165, 1.54) is 6.07 Å². The number of halogens is 1. The monoisotopic (exact) mass is 554 g/mol. The Balaban J connectivity index is 1.69. The number of carboxylic acid groups (broad SMARTS) is 1. The first kappa shape index (κ1) is 29.1. The molecule has 1 aromatic carbocycles. The topological polar surface area (TPSA) is 102 Å². The van der Waals surface area contributed by atoms with E-state index in [9.17, 15) is 19.7 Å². The van der Waals surface area contributed by atoms with Crippen molar-refractivity contribution in [3.05, 3.63) is 23.5 Å². The molecule has 0 aromatic heterocycles. The lowest BCUT2D eigenvalue weighted by atomic mass is 9.41. The van der Waals surface area contributed by atoms with Gasteiger partial charge in [-0.2, -0.15) is 0 Å². The summed E-state index contributed by atoms with van der Waals surface area (Å²) in [4.78, 5) is 27.4. The molecular weight excluding hydrogens is 514 g/mol. The predicted octanol–water partition coefficient (Wildman–Crippen LogP) is 3.98. The summed E-state index contributed by atoms with van der Waals surface area (Å²) in [5.41, 5.74) is -1.48. The lowest BCUT2D eigenvalue weighted by molar-refractivity contribution is -0.193. The standard InChI is InChI=1S/C31H40BFO7/c1-7-12-29(4)15-20(25(28(35)36)40-21-9-8-19-16-39-32(37)23(19)24(21)33)30(5)17(2)10-13-31(18(3)27(29)34)14-11-22(38-6)26(30)31/h1,8-9,17-18,20,22,25-26,37H,10-16H2,2-6H3,(H,35,36)/t17-,18+,20+,22-,25?,26-,29+,30-,31+/m1/s1. The maximum absolute atomic E-state index is 15.6. The number of ketones is 1. The average Bonchev–Trinajstić information content (AvgIpc) is 3.50. The molecule has 5 rings (SSSR count). The molecule has 4 aliphatic rings. The number of aliphatic carboxylic acids is 1. The molecule has 0 radical (unpaired) electrons.